The Morgan fingerprint density at radius 3 is 2.31 bits per heavy atom. The van der Waals surface area contributed by atoms with Gasteiger partial charge in [0, 0.05) is 0 Å². The molecule has 1 fully saturated rings. The Hall–Kier alpha value is -2.12. The number of ether oxygens (including phenoxy) is 1. The van der Waals surface area contributed by atoms with Crippen molar-refractivity contribution in [3.05, 3.63) is 35.9 Å². The van der Waals surface area contributed by atoms with E-state index in [0.29, 0.717) is 12.8 Å². The fourth-order valence-electron chi connectivity index (χ4n) is 3.12. The Labute approximate surface area is 154 Å². The molecule has 1 aliphatic rings. The molecular formula is C19H28N2O5. The molecule has 1 aliphatic carbocycles. The van der Waals surface area contributed by atoms with Gasteiger partial charge < -0.3 is 15.6 Å². The second-order valence-electron chi connectivity index (χ2n) is 7.68. The van der Waals surface area contributed by atoms with Crippen LogP contribution in [0.4, 0.5) is 4.79 Å². The number of aliphatic hydroxyl groups is 1. The van der Waals surface area contributed by atoms with Gasteiger partial charge in [-0.25, -0.2) is 4.79 Å². The standard InChI is InChI=1S/C19H28N2O5/c1-18(2,3)26-17(23)21(25-13-14-9-5-4-6-10-14)15(16(20)22)19(24)11-7-8-12-19/h4-6,9-10,15,24H,7-8,11-13H2,1-3H3,(H2,20,22). The fourth-order valence-corrected chi connectivity index (χ4v) is 3.12. The lowest BCUT2D eigenvalue weighted by Crippen LogP contribution is -2.60. The molecule has 0 spiro atoms. The van der Waals surface area contributed by atoms with Gasteiger partial charge in [-0.05, 0) is 39.2 Å². The van der Waals surface area contributed by atoms with E-state index in [0.717, 1.165) is 23.5 Å². The first-order valence-corrected chi connectivity index (χ1v) is 8.83. The summed E-state index contributed by atoms with van der Waals surface area (Å²) < 4.78 is 5.37. The summed E-state index contributed by atoms with van der Waals surface area (Å²) in [6, 6.07) is 7.89. The maximum absolute atomic E-state index is 12.7. The SMILES string of the molecule is CC(C)(C)OC(=O)N(OCc1ccccc1)C(C(N)=O)C1(O)CCCC1. The molecule has 1 aromatic rings. The summed E-state index contributed by atoms with van der Waals surface area (Å²) in [5.41, 5.74) is 4.15. The van der Waals surface area contributed by atoms with Crippen molar-refractivity contribution in [2.45, 2.75) is 70.3 Å². The lowest BCUT2D eigenvalue weighted by molar-refractivity contribution is -0.213. The molecule has 7 nitrogen and oxygen atoms in total. The molecule has 0 heterocycles. The highest BCUT2D eigenvalue weighted by atomic mass is 16.7. The van der Waals surface area contributed by atoms with E-state index >= 15 is 0 Å². The molecule has 144 valence electrons. The molecule has 1 atom stereocenters. The van der Waals surface area contributed by atoms with Gasteiger partial charge in [-0.15, -0.1) is 0 Å². The van der Waals surface area contributed by atoms with Crippen LogP contribution in [0.2, 0.25) is 0 Å². The number of hydroxylamine groups is 2. The van der Waals surface area contributed by atoms with Crippen LogP contribution in [0, 0.1) is 0 Å². The number of primary amides is 1. The van der Waals surface area contributed by atoms with Crippen molar-refractivity contribution in [1.82, 2.24) is 5.06 Å². The van der Waals surface area contributed by atoms with Gasteiger partial charge in [-0.1, -0.05) is 43.2 Å². The fraction of sp³-hybridized carbons (Fsp3) is 0.579. The van der Waals surface area contributed by atoms with Crippen molar-refractivity contribution in [2.24, 2.45) is 5.73 Å². The van der Waals surface area contributed by atoms with E-state index in [1.165, 1.54) is 0 Å². The van der Waals surface area contributed by atoms with Gasteiger partial charge in [-0.2, -0.15) is 5.06 Å². The maximum Gasteiger partial charge on any atom is 0.435 e. The van der Waals surface area contributed by atoms with E-state index < -0.39 is 29.2 Å². The van der Waals surface area contributed by atoms with Crippen LogP contribution < -0.4 is 5.73 Å². The molecule has 0 radical (unpaired) electrons. The lowest BCUT2D eigenvalue weighted by Gasteiger charge is -2.38. The zero-order chi connectivity index (χ0) is 19.4. The minimum absolute atomic E-state index is 0.0416. The minimum Gasteiger partial charge on any atom is -0.442 e. The van der Waals surface area contributed by atoms with Gasteiger partial charge in [0.25, 0.3) is 0 Å². The molecule has 2 amide bonds. The van der Waals surface area contributed by atoms with E-state index in [9.17, 15) is 14.7 Å². The smallest absolute Gasteiger partial charge is 0.435 e. The molecule has 26 heavy (non-hydrogen) atoms. The third-order valence-electron chi connectivity index (χ3n) is 4.27. The summed E-state index contributed by atoms with van der Waals surface area (Å²) in [4.78, 5) is 30.5. The van der Waals surface area contributed by atoms with Gasteiger partial charge >= 0.3 is 6.09 Å². The number of nitrogens with zero attached hydrogens (tertiary/aromatic N) is 1. The second-order valence-corrected chi connectivity index (χ2v) is 7.68. The Kier molecular flexibility index (Phi) is 6.26. The van der Waals surface area contributed by atoms with E-state index in [4.69, 9.17) is 15.3 Å². The topological polar surface area (TPSA) is 102 Å². The van der Waals surface area contributed by atoms with Gasteiger partial charge in [0.15, 0.2) is 6.04 Å². The molecule has 1 saturated carbocycles. The van der Waals surface area contributed by atoms with Gasteiger partial charge in [0.2, 0.25) is 5.91 Å². The van der Waals surface area contributed by atoms with Gasteiger partial charge in [-0.3, -0.25) is 9.63 Å². The molecule has 1 aromatic carbocycles. The van der Waals surface area contributed by atoms with E-state index in [2.05, 4.69) is 0 Å². The molecule has 0 bridgehead atoms. The zero-order valence-electron chi connectivity index (χ0n) is 15.6. The molecule has 7 heteroatoms. The second kappa shape index (κ2) is 8.05. The minimum atomic E-state index is -1.42. The van der Waals surface area contributed by atoms with Crippen molar-refractivity contribution in [1.29, 1.82) is 0 Å². The molecule has 0 aliphatic heterocycles. The van der Waals surface area contributed by atoms with Gasteiger partial charge in [0.1, 0.15) is 12.2 Å². The Bertz CT molecular complexity index is 621. The number of carbonyl (C=O) groups excluding carboxylic acids is 2. The Morgan fingerprint density at radius 1 is 1.23 bits per heavy atom. The monoisotopic (exact) mass is 364 g/mol. The van der Waals surface area contributed by atoms with Crippen LogP contribution in [0.1, 0.15) is 52.0 Å². The molecule has 2 rings (SSSR count). The van der Waals surface area contributed by atoms with Gasteiger partial charge in [0.05, 0.1) is 5.60 Å². The van der Waals surface area contributed by atoms with Crippen LogP contribution in [0.5, 0.6) is 0 Å². The van der Waals surface area contributed by atoms with Crippen LogP contribution in [0.3, 0.4) is 0 Å². The summed E-state index contributed by atoms with van der Waals surface area (Å²) in [5.74, 6) is -0.826. The molecule has 1 unspecified atom stereocenters. The zero-order valence-corrected chi connectivity index (χ0v) is 15.6. The number of amides is 2. The van der Waals surface area contributed by atoms with Crippen LogP contribution in [-0.2, 0) is 21.0 Å². The first kappa shape index (κ1) is 20.2. The molecular weight excluding hydrogens is 336 g/mol. The average molecular weight is 364 g/mol. The third kappa shape index (κ3) is 5.19. The number of carbonyl (C=O) groups is 2. The van der Waals surface area contributed by atoms with Crippen LogP contribution in [-0.4, -0.2) is 39.4 Å². The van der Waals surface area contributed by atoms with Crippen molar-refractivity contribution in [3.63, 3.8) is 0 Å². The maximum atomic E-state index is 12.7. The van der Waals surface area contributed by atoms with E-state index in [-0.39, 0.29) is 6.61 Å². The van der Waals surface area contributed by atoms with Crippen LogP contribution in [0.15, 0.2) is 30.3 Å². The van der Waals surface area contributed by atoms with Crippen molar-refractivity contribution in [3.8, 4) is 0 Å². The molecule has 3 N–H and O–H groups in total. The predicted octanol–water partition coefficient (Wildman–Crippen LogP) is 2.51. The Balaban J connectivity index is 2.27. The Morgan fingerprint density at radius 2 is 1.81 bits per heavy atom. The van der Waals surface area contributed by atoms with Crippen LogP contribution in [0.25, 0.3) is 0 Å². The normalized spacial score (nSPS) is 17.5. The van der Waals surface area contributed by atoms with E-state index in [1.54, 1.807) is 20.8 Å². The van der Waals surface area contributed by atoms with E-state index in [1.807, 2.05) is 30.3 Å². The van der Waals surface area contributed by atoms with Crippen molar-refractivity contribution >= 4 is 12.0 Å². The first-order chi connectivity index (χ1) is 12.1. The summed E-state index contributed by atoms with van der Waals surface area (Å²) in [7, 11) is 0. The third-order valence-corrected chi connectivity index (χ3v) is 4.27. The average Bonchev–Trinajstić information content (AvgIpc) is 2.97. The highest BCUT2D eigenvalue weighted by molar-refractivity contribution is 5.85. The highest BCUT2D eigenvalue weighted by Gasteiger charge is 2.49. The summed E-state index contributed by atoms with van der Waals surface area (Å²) >= 11 is 0. The number of rotatable bonds is 6. The number of hydrogen-bond donors (Lipinski definition) is 2. The first-order valence-electron chi connectivity index (χ1n) is 8.83. The van der Waals surface area contributed by atoms with Crippen molar-refractivity contribution < 1.29 is 24.3 Å². The summed E-state index contributed by atoms with van der Waals surface area (Å²) in [6.45, 7) is 5.18. The largest absolute Gasteiger partial charge is 0.442 e. The number of benzene rings is 1. The quantitative estimate of drug-likeness (QED) is 0.755. The molecule has 0 saturated heterocycles. The predicted molar refractivity (Wildman–Crippen MR) is 95.7 cm³/mol. The highest BCUT2D eigenvalue weighted by Crippen LogP contribution is 2.35. The summed E-state index contributed by atoms with van der Waals surface area (Å²) in [5, 5.41) is 11.7. The molecule has 0 aromatic heterocycles. The number of nitrogens with two attached hydrogens (primary N) is 1. The van der Waals surface area contributed by atoms with Crippen molar-refractivity contribution in [2.75, 3.05) is 0 Å². The van der Waals surface area contributed by atoms with Crippen LogP contribution >= 0.6 is 0 Å². The summed E-state index contributed by atoms with van der Waals surface area (Å²) in [6.07, 6.45) is 1.39. The lowest BCUT2D eigenvalue weighted by atomic mass is 9.91. The number of hydrogen-bond acceptors (Lipinski definition) is 5.